The topological polar surface area (TPSA) is 62.2 Å². The van der Waals surface area contributed by atoms with E-state index in [0.29, 0.717) is 11.3 Å². The Balaban J connectivity index is 1.69. The van der Waals surface area contributed by atoms with Crippen LogP contribution in [0.5, 0.6) is 0 Å². The molecule has 4 nitrogen and oxygen atoms in total. The molecular weight excluding hydrogens is 252 g/mol. The third kappa shape index (κ3) is 2.56. The van der Waals surface area contributed by atoms with Crippen LogP contribution >= 0.6 is 0 Å². The highest BCUT2D eigenvalue weighted by molar-refractivity contribution is 5.92. The number of carbonyl (C=O) groups is 1. The minimum atomic E-state index is -0.182. The van der Waals surface area contributed by atoms with Crippen LogP contribution in [0.2, 0.25) is 0 Å². The predicted octanol–water partition coefficient (Wildman–Crippen LogP) is 1.47. The maximum absolute atomic E-state index is 12.2. The van der Waals surface area contributed by atoms with Crippen LogP contribution in [0.3, 0.4) is 0 Å². The van der Waals surface area contributed by atoms with E-state index in [0.717, 1.165) is 12.8 Å². The van der Waals surface area contributed by atoms with Gasteiger partial charge in [0.1, 0.15) is 5.69 Å². The lowest BCUT2D eigenvalue weighted by Crippen LogP contribution is -2.35. The van der Waals surface area contributed by atoms with Gasteiger partial charge in [-0.3, -0.25) is 9.78 Å². The van der Waals surface area contributed by atoms with Crippen LogP contribution in [-0.2, 0) is 19.4 Å². The van der Waals surface area contributed by atoms with E-state index in [-0.39, 0.29) is 18.6 Å². The molecule has 0 spiro atoms. The summed E-state index contributed by atoms with van der Waals surface area (Å²) in [5.74, 6) is -0.182. The van der Waals surface area contributed by atoms with Gasteiger partial charge >= 0.3 is 0 Å². The number of benzene rings is 1. The van der Waals surface area contributed by atoms with Crippen LogP contribution in [-0.4, -0.2) is 22.0 Å². The lowest BCUT2D eigenvalue weighted by molar-refractivity contribution is 0.0933. The van der Waals surface area contributed by atoms with Crippen molar-refractivity contribution in [1.82, 2.24) is 10.3 Å². The van der Waals surface area contributed by atoms with Crippen molar-refractivity contribution >= 4 is 5.91 Å². The maximum Gasteiger partial charge on any atom is 0.270 e. The number of rotatable bonds is 3. The van der Waals surface area contributed by atoms with Crippen molar-refractivity contribution < 1.29 is 9.90 Å². The highest BCUT2D eigenvalue weighted by atomic mass is 16.3. The molecule has 102 valence electrons. The van der Waals surface area contributed by atoms with E-state index >= 15 is 0 Å². The van der Waals surface area contributed by atoms with Crippen LogP contribution in [0.4, 0.5) is 0 Å². The normalized spacial score (nSPS) is 14.1. The molecule has 20 heavy (non-hydrogen) atoms. The number of amides is 1. The largest absolute Gasteiger partial charge is 0.392 e. The van der Waals surface area contributed by atoms with Crippen molar-refractivity contribution in [2.24, 2.45) is 0 Å². The van der Waals surface area contributed by atoms with Gasteiger partial charge in [-0.25, -0.2) is 0 Å². The fourth-order valence-electron chi connectivity index (χ4n) is 2.62. The molecule has 1 heterocycles. The first-order chi connectivity index (χ1) is 9.76. The number of fused-ring (bicyclic) bond motifs is 1. The van der Waals surface area contributed by atoms with Gasteiger partial charge in [0, 0.05) is 12.2 Å². The second kappa shape index (κ2) is 5.43. The van der Waals surface area contributed by atoms with E-state index in [2.05, 4.69) is 22.4 Å². The predicted molar refractivity (Wildman–Crippen MR) is 75.3 cm³/mol. The standard InChI is InChI=1S/C16H16N2O2/c19-10-11-5-6-17-15(7-11)16(20)18-14-8-12-3-1-2-4-13(12)9-14/h1-7,14,19H,8-10H2,(H,18,20). The van der Waals surface area contributed by atoms with Gasteiger partial charge in [0.05, 0.1) is 6.61 Å². The van der Waals surface area contributed by atoms with Crippen LogP contribution in [0, 0.1) is 0 Å². The monoisotopic (exact) mass is 268 g/mol. The fraction of sp³-hybridized carbons (Fsp3) is 0.250. The maximum atomic E-state index is 12.2. The summed E-state index contributed by atoms with van der Waals surface area (Å²) in [4.78, 5) is 16.2. The summed E-state index contributed by atoms with van der Waals surface area (Å²) in [6, 6.07) is 11.7. The zero-order valence-corrected chi connectivity index (χ0v) is 11.0. The minimum absolute atomic E-state index is 0.0856. The molecule has 0 aliphatic heterocycles. The third-order valence-electron chi connectivity index (χ3n) is 3.63. The van der Waals surface area contributed by atoms with Gasteiger partial charge in [-0.05, 0) is 41.7 Å². The summed E-state index contributed by atoms with van der Waals surface area (Å²) < 4.78 is 0. The van der Waals surface area contributed by atoms with Gasteiger partial charge in [0.15, 0.2) is 0 Å². The summed E-state index contributed by atoms with van der Waals surface area (Å²) in [7, 11) is 0. The zero-order valence-electron chi connectivity index (χ0n) is 11.0. The molecule has 1 amide bonds. The van der Waals surface area contributed by atoms with E-state index in [4.69, 9.17) is 5.11 Å². The molecule has 0 radical (unpaired) electrons. The van der Waals surface area contributed by atoms with Crippen LogP contribution in [0.25, 0.3) is 0 Å². The second-order valence-electron chi connectivity index (χ2n) is 5.05. The van der Waals surface area contributed by atoms with Gasteiger partial charge in [-0.1, -0.05) is 24.3 Å². The number of carbonyl (C=O) groups excluding carboxylic acids is 1. The quantitative estimate of drug-likeness (QED) is 0.886. The van der Waals surface area contributed by atoms with E-state index in [1.165, 1.54) is 11.1 Å². The molecule has 0 bridgehead atoms. The fourth-order valence-corrected chi connectivity index (χ4v) is 2.62. The number of aliphatic hydroxyl groups is 1. The average molecular weight is 268 g/mol. The number of aromatic nitrogens is 1. The molecule has 1 aromatic heterocycles. The first-order valence-corrected chi connectivity index (χ1v) is 6.69. The molecule has 3 rings (SSSR count). The van der Waals surface area contributed by atoms with Gasteiger partial charge in [-0.2, -0.15) is 0 Å². The Bertz CT molecular complexity index is 615. The first kappa shape index (κ1) is 12.8. The Morgan fingerprint density at radius 2 is 1.95 bits per heavy atom. The molecule has 0 unspecified atom stereocenters. The van der Waals surface area contributed by atoms with Crippen molar-refractivity contribution in [3.8, 4) is 0 Å². The molecule has 2 aromatic rings. The van der Waals surface area contributed by atoms with E-state index in [9.17, 15) is 4.79 Å². The summed E-state index contributed by atoms with van der Waals surface area (Å²) in [6.45, 7) is -0.0856. The number of nitrogens with one attached hydrogen (secondary N) is 1. The number of nitrogens with zero attached hydrogens (tertiary/aromatic N) is 1. The smallest absolute Gasteiger partial charge is 0.270 e. The molecule has 4 heteroatoms. The van der Waals surface area contributed by atoms with Gasteiger partial charge < -0.3 is 10.4 Å². The molecule has 1 aliphatic carbocycles. The Morgan fingerprint density at radius 3 is 2.60 bits per heavy atom. The van der Waals surface area contributed by atoms with Crippen LogP contribution in [0.15, 0.2) is 42.6 Å². The van der Waals surface area contributed by atoms with E-state index in [1.54, 1.807) is 18.3 Å². The highest BCUT2D eigenvalue weighted by Gasteiger charge is 2.23. The second-order valence-corrected chi connectivity index (χ2v) is 5.05. The van der Waals surface area contributed by atoms with Crippen LogP contribution < -0.4 is 5.32 Å². The van der Waals surface area contributed by atoms with Gasteiger partial charge in [0.2, 0.25) is 0 Å². The van der Waals surface area contributed by atoms with Gasteiger partial charge in [-0.15, -0.1) is 0 Å². The molecule has 0 saturated heterocycles. The van der Waals surface area contributed by atoms with Crippen molar-refractivity contribution in [3.63, 3.8) is 0 Å². The Labute approximate surface area is 117 Å². The summed E-state index contributed by atoms with van der Waals surface area (Å²) in [5.41, 5.74) is 3.65. The lowest BCUT2D eigenvalue weighted by Gasteiger charge is -2.11. The summed E-state index contributed by atoms with van der Waals surface area (Å²) in [6.07, 6.45) is 3.27. The third-order valence-corrected chi connectivity index (χ3v) is 3.63. The molecule has 2 N–H and O–H groups in total. The van der Waals surface area contributed by atoms with Crippen molar-refractivity contribution in [1.29, 1.82) is 0 Å². The SMILES string of the molecule is O=C(NC1Cc2ccccc2C1)c1cc(CO)ccn1. The Kier molecular flexibility index (Phi) is 3.48. The number of hydrogen-bond donors (Lipinski definition) is 2. The van der Waals surface area contributed by atoms with Crippen molar-refractivity contribution in [3.05, 3.63) is 65.0 Å². The average Bonchev–Trinajstić information content (AvgIpc) is 2.89. The lowest BCUT2D eigenvalue weighted by atomic mass is 10.1. The zero-order chi connectivity index (χ0) is 13.9. The molecule has 0 atom stereocenters. The van der Waals surface area contributed by atoms with E-state index in [1.807, 2.05) is 12.1 Å². The molecule has 1 aliphatic rings. The van der Waals surface area contributed by atoms with Crippen molar-refractivity contribution in [2.45, 2.75) is 25.5 Å². The van der Waals surface area contributed by atoms with Crippen molar-refractivity contribution in [2.75, 3.05) is 0 Å². The highest BCUT2D eigenvalue weighted by Crippen LogP contribution is 2.21. The van der Waals surface area contributed by atoms with Gasteiger partial charge in [0.25, 0.3) is 5.91 Å². The minimum Gasteiger partial charge on any atom is -0.392 e. The number of pyridine rings is 1. The number of hydrogen-bond acceptors (Lipinski definition) is 3. The molecule has 0 fully saturated rings. The first-order valence-electron chi connectivity index (χ1n) is 6.69. The molecule has 0 saturated carbocycles. The summed E-state index contributed by atoms with van der Waals surface area (Å²) >= 11 is 0. The molecule has 1 aromatic carbocycles. The van der Waals surface area contributed by atoms with E-state index < -0.39 is 0 Å². The Morgan fingerprint density at radius 1 is 1.25 bits per heavy atom. The Hall–Kier alpha value is -2.20. The van der Waals surface area contributed by atoms with Crippen LogP contribution in [0.1, 0.15) is 27.2 Å². The molecular formula is C16H16N2O2. The summed E-state index contributed by atoms with van der Waals surface area (Å²) in [5, 5.41) is 12.1. The number of aliphatic hydroxyl groups excluding tert-OH is 1.